The summed E-state index contributed by atoms with van der Waals surface area (Å²) in [6.07, 6.45) is 1.67. The number of hydrogen-bond acceptors (Lipinski definition) is 5. The summed E-state index contributed by atoms with van der Waals surface area (Å²) in [7, 11) is -3.67. The van der Waals surface area contributed by atoms with Crippen molar-refractivity contribution in [1.82, 2.24) is 5.32 Å². The van der Waals surface area contributed by atoms with E-state index in [1.807, 2.05) is 0 Å². The normalized spacial score (nSPS) is 12.3. The van der Waals surface area contributed by atoms with Gasteiger partial charge in [-0.2, -0.15) is 0 Å². The average Bonchev–Trinajstić information content (AvgIpc) is 3.14. The van der Waals surface area contributed by atoms with Gasteiger partial charge >= 0.3 is 0 Å². The van der Waals surface area contributed by atoms with Gasteiger partial charge in [0.25, 0.3) is 10.0 Å². The van der Waals surface area contributed by atoms with Gasteiger partial charge in [0.15, 0.2) is 0 Å². The van der Waals surface area contributed by atoms with Gasteiger partial charge in [0.2, 0.25) is 11.8 Å². The predicted molar refractivity (Wildman–Crippen MR) is 106 cm³/mol. The number of rotatable bonds is 10. The Morgan fingerprint density at radius 2 is 1.81 bits per heavy atom. The lowest BCUT2D eigenvalue weighted by molar-refractivity contribution is -0.122. The first kappa shape index (κ1) is 20.9. The standard InChI is InChI=1S/C18H23N3O4S2/c1-13(20-17(23)10-5-4-9-16(19)22)14-7-2-3-8-15(14)21-27(24,25)18-11-6-12-26-18/h2-3,6-8,11-13,21H,4-5,9-10H2,1H3,(H2,19,22)(H,20,23). The van der Waals surface area contributed by atoms with Crippen molar-refractivity contribution in [3.63, 3.8) is 0 Å². The monoisotopic (exact) mass is 409 g/mol. The molecule has 27 heavy (non-hydrogen) atoms. The Kier molecular flexibility index (Phi) is 7.37. The maximum Gasteiger partial charge on any atom is 0.271 e. The number of unbranched alkanes of at least 4 members (excludes halogenated alkanes) is 1. The highest BCUT2D eigenvalue weighted by Gasteiger charge is 2.19. The molecule has 1 aromatic carbocycles. The topological polar surface area (TPSA) is 118 Å². The molecule has 0 spiro atoms. The van der Waals surface area contributed by atoms with Crippen LogP contribution in [-0.2, 0) is 19.6 Å². The first-order valence-electron chi connectivity index (χ1n) is 8.52. The summed E-state index contributed by atoms with van der Waals surface area (Å²) >= 11 is 1.13. The summed E-state index contributed by atoms with van der Waals surface area (Å²) in [5, 5.41) is 4.55. The van der Waals surface area contributed by atoms with Crippen LogP contribution >= 0.6 is 11.3 Å². The highest BCUT2D eigenvalue weighted by Crippen LogP contribution is 2.26. The van der Waals surface area contributed by atoms with E-state index in [9.17, 15) is 18.0 Å². The van der Waals surface area contributed by atoms with E-state index in [4.69, 9.17) is 5.73 Å². The van der Waals surface area contributed by atoms with Gasteiger partial charge in [0.05, 0.1) is 11.7 Å². The first-order chi connectivity index (χ1) is 12.8. The largest absolute Gasteiger partial charge is 0.370 e. The number of nitrogens with two attached hydrogens (primary N) is 1. The highest BCUT2D eigenvalue weighted by atomic mass is 32.2. The van der Waals surface area contributed by atoms with Gasteiger partial charge in [0.1, 0.15) is 4.21 Å². The minimum absolute atomic E-state index is 0.164. The number of nitrogens with one attached hydrogen (secondary N) is 2. The Bertz CT molecular complexity index is 880. The maximum absolute atomic E-state index is 12.5. The lowest BCUT2D eigenvalue weighted by Crippen LogP contribution is -2.27. The molecule has 2 aromatic rings. The summed E-state index contributed by atoms with van der Waals surface area (Å²) in [6.45, 7) is 1.79. The summed E-state index contributed by atoms with van der Waals surface area (Å²) in [4.78, 5) is 22.8. The van der Waals surface area contributed by atoms with Crippen molar-refractivity contribution in [2.75, 3.05) is 4.72 Å². The number of benzene rings is 1. The van der Waals surface area contributed by atoms with Crippen molar-refractivity contribution < 1.29 is 18.0 Å². The number of anilines is 1. The van der Waals surface area contributed by atoms with E-state index in [0.29, 0.717) is 24.1 Å². The lowest BCUT2D eigenvalue weighted by Gasteiger charge is -2.19. The molecule has 2 rings (SSSR count). The van der Waals surface area contributed by atoms with Crippen LogP contribution in [0.15, 0.2) is 46.0 Å². The van der Waals surface area contributed by atoms with E-state index >= 15 is 0 Å². The van der Waals surface area contributed by atoms with Crippen LogP contribution in [0.2, 0.25) is 0 Å². The van der Waals surface area contributed by atoms with Gasteiger partial charge in [0, 0.05) is 12.8 Å². The Balaban J connectivity index is 2.02. The quantitative estimate of drug-likeness (QED) is 0.523. The zero-order valence-corrected chi connectivity index (χ0v) is 16.6. The fraction of sp³-hybridized carbons (Fsp3) is 0.333. The third-order valence-corrected chi connectivity index (χ3v) is 6.65. The molecule has 2 amide bonds. The molecule has 0 bridgehead atoms. The molecule has 0 aliphatic rings. The van der Waals surface area contributed by atoms with E-state index in [1.54, 1.807) is 42.6 Å². The summed E-state index contributed by atoms with van der Waals surface area (Å²) < 4.78 is 27.7. The van der Waals surface area contributed by atoms with Gasteiger partial charge in [-0.1, -0.05) is 24.3 Å². The van der Waals surface area contributed by atoms with E-state index < -0.39 is 10.0 Å². The minimum atomic E-state index is -3.67. The van der Waals surface area contributed by atoms with Crippen LogP contribution in [0.4, 0.5) is 5.69 Å². The molecule has 1 heterocycles. The van der Waals surface area contributed by atoms with Crippen molar-refractivity contribution in [1.29, 1.82) is 0 Å². The van der Waals surface area contributed by atoms with Crippen molar-refractivity contribution in [2.24, 2.45) is 5.73 Å². The Labute approximate surface area is 163 Å². The molecular weight excluding hydrogens is 386 g/mol. The number of thiophene rings is 1. The Hall–Kier alpha value is -2.39. The van der Waals surface area contributed by atoms with Gasteiger partial charge in [-0.25, -0.2) is 8.42 Å². The molecule has 0 aliphatic carbocycles. The Morgan fingerprint density at radius 1 is 1.11 bits per heavy atom. The highest BCUT2D eigenvalue weighted by molar-refractivity contribution is 7.94. The number of amides is 2. The van der Waals surface area contributed by atoms with Crippen LogP contribution in [0.5, 0.6) is 0 Å². The summed E-state index contributed by atoms with van der Waals surface area (Å²) in [6, 6.07) is 9.78. The average molecular weight is 410 g/mol. The molecule has 0 aliphatic heterocycles. The molecule has 1 aromatic heterocycles. The SMILES string of the molecule is CC(NC(=O)CCCCC(N)=O)c1ccccc1NS(=O)(=O)c1cccs1. The third-order valence-electron chi connectivity index (χ3n) is 3.89. The molecule has 1 atom stereocenters. The molecule has 0 radical (unpaired) electrons. The second kappa shape index (κ2) is 9.52. The van der Waals surface area contributed by atoms with Crippen LogP contribution in [0.1, 0.15) is 44.2 Å². The molecule has 0 fully saturated rings. The van der Waals surface area contributed by atoms with Crippen LogP contribution < -0.4 is 15.8 Å². The fourth-order valence-corrected chi connectivity index (χ4v) is 4.64. The van der Waals surface area contributed by atoms with Crippen LogP contribution in [0.25, 0.3) is 0 Å². The molecule has 0 saturated heterocycles. The molecule has 1 unspecified atom stereocenters. The molecule has 4 N–H and O–H groups in total. The van der Waals surface area contributed by atoms with E-state index in [0.717, 1.165) is 11.3 Å². The second-order valence-electron chi connectivity index (χ2n) is 6.09. The third kappa shape index (κ3) is 6.37. The lowest BCUT2D eigenvalue weighted by atomic mass is 10.1. The minimum Gasteiger partial charge on any atom is -0.370 e. The van der Waals surface area contributed by atoms with Crippen LogP contribution in [0.3, 0.4) is 0 Å². The Morgan fingerprint density at radius 3 is 2.48 bits per heavy atom. The summed E-state index contributed by atoms with van der Waals surface area (Å²) in [5.41, 5.74) is 6.17. The predicted octanol–water partition coefficient (Wildman–Crippen LogP) is 2.77. The van der Waals surface area contributed by atoms with Gasteiger partial charge in [-0.3, -0.25) is 14.3 Å². The fourth-order valence-electron chi connectivity index (χ4n) is 2.56. The number of carbonyl (C=O) groups is 2. The van der Waals surface area contributed by atoms with E-state index in [2.05, 4.69) is 10.0 Å². The van der Waals surface area contributed by atoms with E-state index in [-0.39, 0.29) is 34.9 Å². The second-order valence-corrected chi connectivity index (χ2v) is 8.94. The molecule has 9 heteroatoms. The maximum atomic E-state index is 12.5. The smallest absolute Gasteiger partial charge is 0.271 e. The molecule has 146 valence electrons. The number of hydrogen-bond donors (Lipinski definition) is 3. The van der Waals surface area contributed by atoms with Crippen molar-refractivity contribution >= 4 is 38.9 Å². The number of carbonyl (C=O) groups excluding carboxylic acids is 2. The molecule has 7 nitrogen and oxygen atoms in total. The van der Waals surface area contributed by atoms with Crippen LogP contribution in [-0.4, -0.2) is 20.2 Å². The zero-order valence-electron chi connectivity index (χ0n) is 15.0. The van der Waals surface area contributed by atoms with Crippen molar-refractivity contribution in [3.8, 4) is 0 Å². The summed E-state index contributed by atoms with van der Waals surface area (Å²) in [5.74, 6) is -0.543. The van der Waals surface area contributed by atoms with Gasteiger partial charge in [-0.05, 0) is 42.8 Å². The van der Waals surface area contributed by atoms with Crippen LogP contribution in [0, 0.1) is 0 Å². The first-order valence-corrected chi connectivity index (χ1v) is 10.9. The van der Waals surface area contributed by atoms with Gasteiger partial charge < -0.3 is 11.1 Å². The molecule has 0 saturated carbocycles. The van der Waals surface area contributed by atoms with Crippen molar-refractivity contribution in [2.45, 2.75) is 42.9 Å². The zero-order chi connectivity index (χ0) is 19.9. The number of sulfonamides is 1. The van der Waals surface area contributed by atoms with E-state index in [1.165, 1.54) is 6.07 Å². The van der Waals surface area contributed by atoms with Gasteiger partial charge in [-0.15, -0.1) is 11.3 Å². The number of para-hydroxylation sites is 1. The molecular formula is C18H23N3O4S2. The number of primary amides is 1. The van der Waals surface area contributed by atoms with Crippen molar-refractivity contribution in [3.05, 3.63) is 47.3 Å².